The van der Waals surface area contributed by atoms with Crippen LogP contribution in [0.1, 0.15) is 44.8 Å². The smallest absolute Gasteiger partial charge is 0.233 e. The van der Waals surface area contributed by atoms with E-state index in [1.807, 2.05) is 0 Å². The molecule has 3 heterocycles. The zero-order chi connectivity index (χ0) is 22.0. The Kier molecular flexibility index (Phi) is 6.17. The van der Waals surface area contributed by atoms with Crippen molar-refractivity contribution >= 4 is 40.1 Å². The van der Waals surface area contributed by atoms with Crippen LogP contribution in [0.2, 0.25) is 0 Å². The van der Waals surface area contributed by atoms with Gasteiger partial charge in [-0.25, -0.2) is 4.98 Å². The number of thiazole rings is 1. The molecule has 31 heavy (non-hydrogen) atoms. The van der Waals surface area contributed by atoms with Gasteiger partial charge in [-0.1, -0.05) is 12.8 Å². The zero-order valence-corrected chi connectivity index (χ0v) is 18.0. The van der Waals surface area contributed by atoms with Gasteiger partial charge < -0.3 is 15.1 Å². The van der Waals surface area contributed by atoms with Crippen molar-refractivity contribution in [2.24, 2.45) is 11.8 Å². The number of fused-ring (bicyclic) bond motifs is 1. The van der Waals surface area contributed by atoms with Gasteiger partial charge in [0.05, 0.1) is 18.4 Å². The molecule has 2 atom stereocenters. The van der Waals surface area contributed by atoms with Gasteiger partial charge in [-0.2, -0.15) is 0 Å². The summed E-state index contributed by atoms with van der Waals surface area (Å²) in [6.45, 7) is 1.82. The number of amides is 4. The van der Waals surface area contributed by atoms with Crippen LogP contribution in [0.5, 0.6) is 0 Å². The van der Waals surface area contributed by atoms with Gasteiger partial charge in [0.2, 0.25) is 23.6 Å². The second-order valence-electron chi connectivity index (χ2n) is 7.84. The van der Waals surface area contributed by atoms with Crippen molar-refractivity contribution < 1.29 is 23.6 Å². The SMILES string of the molecule is CC(=O)NCc1ccc(-c2csc(NC(=O)CCN3C(=O)[C@H]4CCCC[C@@H]4C3=O)n2)o1. The minimum atomic E-state index is -0.304. The maximum atomic E-state index is 12.5. The fraction of sp³-hybridized carbons (Fsp3) is 0.476. The summed E-state index contributed by atoms with van der Waals surface area (Å²) in [5.74, 6) is 0.0234. The molecule has 0 aromatic carbocycles. The predicted octanol–water partition coefficient (Wildman–Crippen LogP) is 2.54. The number of nitrogens with zero attached hydrogens (tertiary/aromatic N) is 2. The van der Waals surface area contributed by atoms with E-state index in [9.17, 15) is 19.2 Å². The lowest BCUT2D eigenvalue weighted by Gasteiger charge is -2.19. The first kappa shape index (κ1) is 21.2. The molecule has 1 saturated carbocycles. The monoisotopic (exact) mass is 444 g/mol. The number of likely N-dealkylation sites (tertiary alicyclic amines) is 1. The van der Waals surface area contributed by atoms with Crippen LogP contribution in [0.25, 0.3) is 11.5 Å². The predicted molar refractivity (Wildman–Crippen MR) is 113 cm³/mol. The van der Waals surface area contributed by atoms with Crippen LogP contribution in [0.4, 0.5) is 5.13 Å². The van der Waals surface area contributed by atoms with E-state index in [2.05, 4.69) is 15.6 Å². The number of hydrogen-bond donors (Lipinski definition) is 2. The normalized spacial score (nSPS) is 20.6. The lowest BCUT2D eigenvalue weighted by atomic mass is 9.81. The van der Waals surface area contributed by atoms with Crippen molar-refractivity contribution in [3.05, 3.63) is 23.3 Å². The quantitative estimate of drug-likeness (QED) is 0.633. The summed E-state index contributed by atoms with van der Waals surface area (Å²) >= 11 is 1.26. The van der Waals surface area contributed by atoms with Gasteiger partial charge >= 0.3 is 0 Å². The van der Waals surface area contributed by atoms with Crippen molar-refractivity contribution in [3.63, 3.8) is 0 Å². The van der Waals surface area contributed by atoms with E-state index in [4.69, 9.17) is 4.42 Å². The van der Waals surface area contributed by atoms with Crippen LogP contribution in [0, 0.1) is 11.8 Å². The summed E-state index contributed by atoms with van der Waals surface area (Å²) in [5, 5.41) is 7.54. The fourth-order valence-corrected chi connectivity index (χ4v) is 4.83. The lowest BCUT2D eigenvalue weighted by molar-refractivity contribution is -0.140. The topological polar surface area (TPSA) is 122 Å². The largest absolute Gasteiger partial charge is 0.458 e. The molecule has 164 valence electrons. The molecule has 0 bridgehead atoms. The third-order valence-corrected chi connectivity index (χ3v) is 6.43. The summed E-state index contributed by atoms with van der Waals surface area (Å²) in [6.07, 6.45) is 3.52. The van der Waals surface area contributed by atoms with Gasteiger partial charge in [-0.3, -0.25) is 24.1 Å². The average molecular weight is 445 g/mol. The molecule has 1 aliphatic heterocycles. The Bertz CT molecular complexity index is 989. The van der Waals surface area contributed by atoms with Gasteiger partial charge in [0.1, 0.15) is 11.5 Å². The molecule has 2 aliphatic rings. The molecule has 1 saturated heterocycles. The number of hydrogen-bond acceptors (Lipinski definition) is 7. The highest BCUT2D eigenvalue weighted by Crippen LogP contribution is 2.38. The molecule has 2 N–H and O–H groups in total. The molecule has 4 amide bonds. The van der Waals surface area contributed by atoms with E-state index in [0.717, 1.165) is 25.7 Å². The highest BCUT2D eigenvalue weighted by atomic mass is 32.1. The molecule has 1 aliphatic carbocycles. The van der Waals surface area contributed by atoms with Crippen molar-refractivity contribution in [2.45, 2.75) is 45.6 Å². The van der Waals surface area contributed by atoms with Crippen LogP contribution in [-0.2, 0) is 25.7 Å². The van der Waals surface area contributed by atoms with E-state index >= 15 is 0 Å². The summed E-state index contributed by atoms with van der Waals surface area (Å²) in [6, 6.07) is 3.51. The number of carbonyl (C=O) groups excluding carboxylic acids is 4. The first-order valence-electron chi connectivity index (χ1n) is 10.4. The second-order valence-corrected chi connectivity index (χ2v) is 8.70. The van der Waals surface area contributed by atoms with Crippen molar-refractivity contribution in [1.82, 2.24) is 15.2 Å². The summed E-state index contributed by atoms with van der Waals surface area (Å²) < 4.78 is 5.66. The van der Waals surface area contributed by atoms with Crippen molar-refractivity contribution in [1.29, 1.82) is 0 Å². The molecule has 2 fully saturated rings. The van der Waals surface area contributed by atoms with Crippen molar-refractivity contribution in [3.8, 4) is 11.5 Å². The Morgan fingerprint density at radius 3 is 2.58 bits per heavy atom. The molecular formula is C21H24N4O5S. The van der Waals surface area contributed by atoms with Gasteiger partial charge in [0.15, 0.2) is 10.9 Å². The first-order chi connectivity index (χ1) is 14.9. The van der Waals surface area contributed by atoms with Gasteiger partial charge in [0, 0.05) is 25.3 Å². The Morgan fingerprint density at radius 1 is 1.19 bits per heavy atom. The average Bonchev–Trinajstić information content (AvgIpc) is 3.45. The zero-order valence-electron chi connectivity index (χ0n) is 17.2. The highest BCUT2D eigenvalue weighted by Gasteiger charge is 2.47. The van der Waals surface area contributed by atoms with Gasteiger partial charge in [-0.05, 0) is 25.0 Å². The van der Waals surface area contributed by atoms with Crippen LogP contribution in [0.15, 0.2) is 21.9 Å². The molecule has 10 heteroatoms. The highest BCUT2D eigenvalue weighted by molar-refractivity contribution is 7.14. The molecule has 9 nitrogen and oxygen atoms in total. The lowest BCUT2D eigenvalue weighted by Crippen LogP contribution is -2.34. The van der Waals surface area contributed by atoms with Crippen LogP contribution in [-0.4, -0.2) is 40.1 Å². The third kappa shape index (κ3) is 4.68. The summed E-state index contributed by atoms with van der Waals surface area (Å²) in [7, 11) is 0. The number of anilines is 1. The number of carbonyl (C=O) groups is 4. The van der Waals surface area contributed by atoms with Crippen molar-refractivity contribution in [2.75, 3.05) is 11.9 Å². The standard InChI is InChI=1S/C21H24N4O5S/c1-12(26)22-10-13-6-7-17(30-13)16-11-31-21(23-16)24-18(27)8-9-25-19(28)14-4-2-3-5-15(14)20(25)29/h6-7,11,14-15H,2-5,8-10H2,1H3,(H,22,26)(H,23,24,27)/t14-,15-/m0/s1. The second kappa shape index (κ2) is 9.01. The number of rotatable bonds is 7. The molecular weight excluding hydrogens is 420 g/mol. The van der Waals surface area contributed by atoms with Crippen LogP contribution >= 0.6 is 11.3 Å². The Morgan fingerprint density at radius 2 is 1.90 bits per heavy atom. The summed E-state index contributed by atoms with van der Waals surface area (Å²) in [4.78, 5) is 53.9. The molecule has 2 aromatic heterocycles. The number of nitrogens with one attached hydrogen (secondary N) is 2. The fourth-order valence-electron chi connectivity index (χ4n) is 4.11. The molecule has 0 unspecified atom stereocenters. The van der Waals surface area contributed by atoms with Crippen LogP contribution < -0.4 is 10.6 Å². The van der Waals surface area contributed by atoms with Gasteiger partial charge in [-0.15, -0.1) is 11.3 Å². The van der Waals surface area contributed by atoms with E-state index in [0.29, 0.717) is 28.9 Å². The number of aromatic nitrogens is 1. The summed E-state index contributed by atoms with van der Waals surface area (Å²) in [5.41, 5.74) is 0.573. The van der Waals surface area contributed by atoms with E-state index < -0.39 is 0 Å². The first-order valence-corrected chi connectivity index (χ1v) is 11.2. The van der Waals surface area contributed by atoms with E-state index in [-0.39, 0.29) is 48.4 Å². The minimum Gasteiger partial charge on any atom is -0.458 e. The van der Waals surface area contributed by atoms with E-state index in [1.165, 1.54) is 23.2 Å². The van der Waals surface area contributed by atoms with Gasteiger partial charge in [0.25, 0.3) is 0 Å². The molecule has 4 rings (SSSR count). The maximum absolute atomic E-state index is 12.5. The molecule has 2 aromatic rings. The Hall–Kier alpha value is -3.01. The Labute approximate surface area is 183 Å². The molecule has 0 spiro atoms. The minimum absolute atomic E-state index is 0.0352. The number of furan rings is 1. The third-order valence-electron chi connectivity index (χ3n) is 5.67. The maximum Gasteiger partial charge on any atom is 0.233 e. The Balaban J connectivity index is 1.30. The molecule has 0 radical (unpaired) electrons. The number of imide groups is 1. The van der Waals surface area contributed by atoms with E-state index in [1.54, 1.807) is 17.5 Å². The van der Waals surface area contributed by atoms with Crippen LogP contribution in [0.3, 0.4) is 0 Å².